The Morgan fingerprint density at radius 1 is 0.786 bits per heavy atom. The Balaban J connectivity index is 1.73. The average molecular weight is 378 g/mol. The van der Waals surface area contributed by atoms with E-state index < -0.39 is 6.10 Å². The molecule has 1 atom stereocenters. The van der Waals surface area contributed by atoms with Crippen LogP contribution in [0.25, 0.3) is 0 Å². The number of hydrogen-bond donors (Lipinski definition) is 1. The molecule has 0 saturated heterocycles. The van der Waals surface area contributed by atoms with Crippen molar-refractivity contribution in [2.24, 2.45) is 0 Å². The van der Waals surface area contributed by atoms with E-state index in [-0.39, 0.29) is 6.61 Å². The van der Waals surface area contributed by atoms with Gasteiger partial charge in [-0.3, -0.25) is 0 Å². The summed E-state index contributed by atoms with van der Waals surface area (Å²) in [7, 11) is 1.61. The van der Waals surface area contributed by atoms with E-state index >= 15 is 0 Å². The van der Waals surface area contributed by atoms with Crippen LogP contribution in [0.3, 0.4) is 0 Å². The molecule has 1 unspecified atom stereocenters. The maximum absolute atomic E-state index is 10.7. The topological polar surface area (TPSA) is 47.9 Å². The van der Waals surface area contributed by atoms with Crippen LogP contribution in [-0.4, -0.2) is 18.8 Å². The standard InChI is InChI=1S/C24H26O4/c1-18-13-14-21(22(25)17-27-15-19-9-5-3-6-10-19)24(23(18)26-2)28-16-20-11-7-4-8-12-20/h3-14,22,25H,15-17H2,1-2H3. The van der Waals surface area contributed by atoms with Crippen molar-refractivity contribution < 1.29 is 19.3 Å². The first-order chi connectivity index (χ1) is 13.7. The number of hydrogen-bond acceptors (Lipinski definition) is 4. The fourth-order valence-electron chi connectivity index (χ4n) is 3.02. The van der Waals surface area contributed by atoms with Crippen molar-refractivity contribution in [3.63, 3.8) is 0 Å². The zero-order valence-corrected chi connectivity index (χ0v) is 16.3. The number of aliphatic hydroxyl groups is 1. The molecule has 0 aliphatic heterocycles. The minimum atomic E-state index is -0.816. The first-order valence-corrected chi connectivity index (χ1v) is 9.33. The molecule has 0 spiro atoms. The van der Waals surface area contributed by atoms with E-state index in [0.29, 0.717) is 30.3 Å². The lowest BCUT2D eigenvalue weighted by molar-refractivity contribution is 0.0260. The van der Waals surface area contributed by atoms with E-state index in [4.69, 9.17) is 14.2 Å². The summed E-state index contributed by atoms with van der Waals surface area (Å²) in [6, 6.07) is 23.6. The smallest absolute Gasteiger partial charge is 0.167 e. The third kappa shape index (κ3) is 5.12. The molecule has 0 heterocycles. The molecular weight excluding hydrogens is 352 g/mol. The zero-order valence-electron chi connectivity index (χ0n) is 16.3. The molecule has 4 nitrogen and oxygen atoms in total. The summed E-state index contributed by atoms with van der Waals surface area (Å²) in [6.07, 6.45) is -0.816. The summed E-state index contributed by atoms with van der Waals surface area (Å²) < 4.78 is 17.3. The van der Waals surface area contributed by atoms with Crippen LogP contribution in [0, 0.1) is 6.92 Å². The van der Waals surface area contributed by atoms with Gasteiger partial charge in [-0.1, -0.05) is 72.8 Å². The van der Waals surface area contributed by atoms with Gasteiger partial charge in [0.1, 0.15) is 12.7 Å². The third-order valence-corrected chi connectivity index (χ3v) is 4.52. The molecule has 0 fully saturated rings. The molecular formula is C24H26O4. The summed E-state index contributed by atoms with van der Waals surface area (Å²) in [5.74, 6) is 1.19. The highest BCUT2D eigenvalue weighted by Gasteiger charge is 2.20. The lowest BCUT2D eigenvalue weighted by Crippen LogP contribution is -2.11. The van der Waals surface area contributed by atoms with Crippen molar-refractivity contribution in [3.8, 4) is 11.5 Å². The number of methoxy groups -OCH3 is 1. The summed E-state index contributed by atoms with van der Waals surface area (Å²) in [4.78, 5) is 0. The Morgan fingerprint density at radius 3 is 2.00 bits per heavy atom. The molecule has 0 aromatic heterocycles. The molecule has 28 heavy (non-hydrogen) atoms. The maximum Gasteiger partial charge on any atom is 0.167 e. The number of ether oxygens (including phenoxy) is 3. The molecule has 3 aromatic rings. The largest absolute Gasteiger partial charge is 0.493 e. The van der Waals surface area contributed by atoms with Gasteiger partial charge in [0.15, 0.2) is 11.5 Å². The predicted octanol–water partition coefficient (Wildman–Crippen LogP) is 4.83. The van der Waals surface area contributed by atoms with E-state index in [0.717, 1.165) is 16.7 Å². The van der Waals surface area contributed by atoms with E-state index in [1.807, 2.05) is 79.7 Å². The summed E-state index contributed by atoms with van der Waals surface area (Å²) >= 11 is 0. The molecule has 3 aromatic carbocycles. The van der Waals surface area contributed by atoms with Crippen LogP contribution in [0.1, 0.15) is 28.4 Å². The van der Waals surface area contributed by atoms with Crippen molar-refractivity contribution in [3.05, 3.63) is 95.1 Å². The van der Waals surface area contributed by atoms with Crippen LogP contribution in [0.4, 0.5) is 0 Å². The van der Waals surface area contributed by atoms with Gasteiger partial charge in [0.05, 0.1) is 20.3 Å². The van der Waals surface area contributed by atoms with Gasteiger partial charge >= 0.3 is 0 Å². The Labute approximate surface area is 166 Å². The fourth-order valence-corrected chi connectivity index (χ4v) is 3.02. The lowest BCUT2D eigenvalue weighted by atomic mass is 10.0. The van der Waals surface area contributed by atoms with Crippen molar-refractivity contribution >= 4 is 0 Å². The van der Waals surface area contributed by atoms with Crippen LogP contribution in [0.5, 0.6) is 11.5 Å². The number of benzene rings is 3. The Kier molecular flexibility index (Phi) is 7.06. The van der Waals surface area contributed by atoms with Crippen LogP contribution in [0.2, 0.25) is 0 Å². The summed E-state index contributed by atoms with van der Waals surface area (Å²) in [5, 5.41) is 10.7. The monoisotopic (exact) mass is 378 g/mol. The van der Waals surface area contributed by atoms with E-state index in [2.05, 4.69) is 0 Å². The Morgan fingerprint density at radius 2 is 1.39 bits per heavy atom. The van der Waals surface area contributed by atoms with Crippen LogP contribution in [-0.2, 0) is 18.0 Å². The van der Waals surface area contributed by atoms with Crippen molar-refractivity contribution in [2.45, 2.75) is 26.2 Å². The third-order valence-electron chi connectivity index (χ3n) is 4.52. The zero-order chi connectivity index (χ0) is 19.8. The Bertz CT molecular complexity index is 863. The van der Waals surface area contributed by atoms with Gasteiger partial charge < -0.3 is 19.3 Å². The molecule has 1 N–H and O–H groups in total. The van der Waals surface area contributed by atoms with Gasteiger partial charge in [0.2, 0.25) is 0 Å². The first-order valence-electron chi connectivity index (χ1n) is 9.33. The van der Waals surface area contributed by atoms with E-state index in [1.54, 1.807) is 7.11 Å². The fraction of sp³-hybridized carbons (Fsp3) is 0.250. The normalized spacial score (nSPS) is 11.8. The quantitative estimate of drug-likeness (QED) is 0.579. The molecule has 0 radical (unpaired) electrons. The van der Waals surface area contributed by atoms with Crippen molar-refractivity contribution in [2.75, 3.05) is 13.7 Å². The summed E-state index contributed by atoms with van der Waals surface area (Å²) in [6.45, 7) is 2.96. The van der Waals surface area contributed by atoms with Gasteiger partial charge in [0, 0.05) is 5.56 Å². The van der Waals surface area contributed by atoms with Crippen LogP contribution >= 0.6 is 0 Å². The second-order valence-corrected chi connectivity index (χ2v) is 6.62. The van der Waals surface area contributed by atoms with Gasteiger partial charge in [-0.05, 0) is 23.6 Å². The number of rotatable bonds is 9. The molecule has 0 amide bonds. The van der Waals surface area contributed by atoms with Gasteiger partial charge in [-0.25, -0.2) is 0 Å². The molecule has 0 saturated carbocycles. The first kappa shape index (κ1) is 19.9. The highest BCUT2D eigenvalue weighted by molar-refractivity contribution is 5.52. The maximum atomic E-state index is 10.7. The molecule has 0 aliphatic rings. The molecule has 0 bridgehead atoms. The lowest BCUT2D eigenvalue weighted by Gasteiger charge is -2.20. The van der Waals surface area contributed by atoms with E-state index in [1.165, 1.54) is 0 Å². The van der Waals surface area contributed by atoms with Crippen molar-refractivity contribution in [1.29, 1.82) is 0 Å². The van der Waals surface area contributed by atoms with Gasteiger partial charge in [0.25, 0.3) is 0 Å². The molecule has 146 valence electrons. The number of aliphatic hydroxyl groups excluding tert-OH is 1. The SMILES string of the molecule is COc1c(C)ccc(C(O)COCc2ccccc2)c1OCc1ccccc1. The molecule has 0 aliphatic carbocycles. The van der Waals surface area contributed by atoms with Crippen molar-refractivity contribution in [1.82, 2.24) is 0 Å². The highest BCUT2D eigenvalue weighted by Crippen LogP contribution is 2.38. The predicted molar refractivity (Wildman–Crippen MR) is 110 cm³/mol. The second kappa shape index (κ2) is 9.93. The summed E-state index contributed by atoms with van der Waals surface area (Å²) in [5.41, 5.74) is 3.72. The minimum absolute atomic E-state index is 0.169. The number of aryl methyl sites for hydroxylation is 1. The van der Waals surface area contributed by atoms with Crippen LogP contribution in [0.15, 0.2) is 72.8 Å². The van der Waals surface area contributed by atoms with Gasteiger partial charge in [-0.2, -0.15) is 0 Å². The average Bonchev–Trinajstić information content (AvgIpc) is 2.73. The minimum Gasteiger partial charge on any atom is -0.493 e. The Hall–Kier alpha value is -2.82. The van der Waals surface area contributed by atoms with Crippen LogP contribution < -0.4 is 9.47 Å². The molecule has 4 heteroatoms. The second-order valence-electron chi connectivity index (χ2n) is 6.62. The van der Waals surface area contributed by atoms with Gasteiger partial charge in [-0.15, -0.1) is 0 Å². The molecule has 3 rings (SSSR count). The van der Waals surface area contributed by atoms with E-state index in [9.17, 15) is 5.11 Å². The highest BCUT2D eigenvalue weighted by atomic mass is 16.5.